The fourth-order valence-corrected chi connectivity index (χ4v) is 4.22. The van der Waals surface area contributed by atoms with E-state index in [1.807, 2.05) is 43.4 Å². The van der Waals surface area contributed by atoms with Gasteiger partial charge >= 0.3 is 0 Å². The Kier molecular flexibility index (Phi) is 6.93. The normalized spacial score (nSPS) is 13.4. The quantitative estimate of drug-likeness (QED) is 0.542. The Balaban J connectivity index is 1.43. The van der Waals surface area contributed by atoms with Gasteiger partial charge < -0.3 is 20.9 Å². The van der Waals surface area contributed by atoms with Crippen LogP contribution < -0.4 is 20.9 Å². The zero-order chi connectivity index (χ0) is 23.2. The van der Waals surface area contributed by atoms with Crippen molar-refractivity contribution in [2.24, 2.45) is 0 Å². The minimum Gasteiger partial charge on any atom is -0.398 e. The first-order valence-corrected chi connectivity index (χ1v) is 11.4. The molecule has 33 heavy (non-hydrogen) atoms. The van der Waals surface area contributed by atoms with Crippen molar-refractivity contribution in [1.82, 2.24) is 0 Å². The van der Waals surface area contributed by atoms with Crippen LogP contribution in [0.5, 0.6) is 0 Å². The lowest BCUT2D eigenvalue weighted by atomic mass is 10.1. The van der Waals surface area contributed by atoms with Crippen LogP contribution in [-0.2, 0) is 11.2 Å². The molecule has 3 N–H and O–H groups in total. The number of para-hydroxylation sites is 3. The third-order valence-corrected chi connectivity index (χ3v) is 6.07. The highest BCUT2D eigenvalue weighted by Crippen LogP contribution is 2.31. The van der Waals surface area contributed by atoms with E-state index in [2.05, 4.69) is 16.3 Å². The van der Waals surface area contributed by atoms with Crippen molar-refractivity contribution in [3.63, 3.8) is 0 Å². The van der Waals surface area contributed by atoms with E-state index in [0.717, 1.165) is 30.0 Å². The molecular formula is C27H30N4O2. The van der Waals surface area contributed by atoms with Crippen LogP contribution in [0.1, 0.15) is 35.2 Å². The number of piperidine rings is 1. The van der Waals surface area contributed by atoms with Crippen molar-refractivity contribution >= 4 is 34.6 Å². The zero-order valence-electron chi connectivity index (χ0n) is 19.0. The number of hydrogen-bond acceptors (Lipinski definition) is 4. The maximum absolute atomic E-state index is 13.2. The molecule has 1 aliphatic heterocycles. The number of nitrogens with zero attached hydrogens (tertiary/aromatic N) is 2. The van der Waals surface area contributed by atoms with Gasteiger partial charge in [0.2, 0.25) is 5.91 Å². The molecule has 6 nitrogen and oxygen atoms in total. The maximum Gasteiger partial charge on any atom is 0.258 e. The number of nitrogens with one attached hydrogen (secondary N) is 1. The number of carbonyl (C=O) groups excluding carboxylic acids is 2. The van der Waals surface area contributed by atoms with Crippen molar-refractivity contribution in [2.75, 3.05) is 41.0 Å². The molecule has 1 aliphatic rings. The molecule has 6 heteroatoms. The average Bonchev–Trinajstić information content (AvgIpc) is 2.85. The predicted octanol–water partition coefficient (Wildman–Crippen LogP) is 4.72. The second kappa shape index (κ2) is 10.2. The molecule has 4 rings (SSSR count). The van der Waals surface area contributed by atoms with Crippen LogP contribution in [0.25, 0.3) is 0 Å². The molecule has 0 radical (unpaired) electrons. The van der Waals surface area contributed by atoms with Gasteiger partial charge in [0.15, 0.2) is 0 Å². The van der Waals surface area contributed by atoms with E-state index in [4.69, 9.17) is 5.73 Å². The average molecular weight is 443 g/mol. The molecule has 0 aliphatic carbocycles. The number of nitrogens with two attached hydrogens (primary N) is 1. The van der Waals surface area contributed by atoms with Crippen molar-refractivity contribution in [2.45, 2.75) is 25.7 Å². The first kappa shape index (κ1) is 22.4. The van der Waals surface area contributed by atoms with Gasteiger partial charge in [0.05, 0.1) is 17.8 Å². The molecule has 1 fully saturated rings. The summed E-state index contributed by atoms with van der Waals surface area (Å²) in [6.45, 7) is 2.03. The lowest BCUT2D eigenvalue weighted by molar-refractivity contribution is -0.115. The van der Waals surface area contributed by atoms with Gasteiger partial charge in [-0.2, -0.15) is 0 Å². The van der Waals surface area contributed by atoms with Crippen LogP contribution in [0.15, 0.2) is 72.8 Å². The molecule has 3 aromatic carbocycles. The Morgan fingerprint density at radius 3 is 2.30 bits per heavy atom. The summed E-state index contributed by atoms with van der Waals surface area (Å²) >= 11 is 0. The third kappa shape index (κ3) is 5.34. The van der Waals surface area contributed by atoms with Gasteiger partial charge in [-0.3, -0.25) is 9.59 Å². The van der Waals surface area contributed by atoms with E-state index in [0.29, 0.717) is 16.9 Å². The highest BCUT2D eigenvalue weighted by molar-refractivity contribution is 6.07. The maximum atomic E-state index is 13.2. The predicted molar refractivity (Wildman–Crippen MR) is 135 cm³/mol. The van der Waals surface area contributed by atoms with E-state index >= 15 is 0 Å². The molecule has 0 aromatic heterocycles. The lowest BCUT2D eigenvalue weighted by Gasteiger charge is -2.32. The number of carbonyl (C=O) groups is 2. The van der Waals surface area contributed by atoms with E-state index in [-0.39, 0.29) is 18.2 Å². The Morgan fingerprint density at radius 1 is 0.909 bits per heavy atom. The van der Waals surface area contributed by atoms with Crippen LogP contribution in [0, 0.1) is 0 Å². The topological polar surface area (TPSA) is 78.7 Å². The smallest absolute Gasteiger partial charge is 0.258 e. The summed E-state index contributed by atoms with van der Waals surface area (Å²) in [5, 5.41) is 2.87. The first-order valence-electron chi connectivity index (χ1n) is 11.4. The molecule has 0 unspecified atom stereocenters. The molecule has 170 valence electrons. The Hall–Kier alpha value is -3.80. The largest absolute Gasteiger partial charge is 0.398 e. The number of benzene rings is 3. The van der Waals surface area contributed by atoms with Gasteiger partial charge in [0.25, 0.3) is 5.91 Å². The van der Waals surface area contributed by atoms with Crippen LogP contribution in [0.3, 0.4) is 0 Å². The van der Waals surface area contributed by atoms with E-state index in [9.17, 15) is 9.59 Å². The number of rotatable bonds is 6. The lowest BCUT2D eigenvalue weighted by Crippen LogP contribution is -2.33. The molecule has 0 atom stereocenters. The van der Waals surface area contributed by atoms with Crippen molar-refractivity contribution in [3.05, 3.63) is 83.9 Å². The summed E-state index contributed by atoms with van der Waals surface area (Å²) in [5.74, 6) is -0.242. The highest BCUT2D eigenvalue weighted by atomic mass is 16.2. The first-order chi connectivity index (χ1) is 16.0. The molecule has 1 saturated heterocycles. The van der Waals surface area contributed by atoms with Gasteiger partial charge in [0.1, 0.15) is 0 Å². The minimum absolute atomic E-state index is 0.0885. The van der Waals surface area contributed by atoms with Gasteiger partial charge in [0, 0.05) is 37.1 Å². The molecular weight excluding hydrogens is 412 g/mol. The van der Waals surface area contributed by atoms with E-state index in [1.54, 1.807) is 35.2 Å². The van der Waals surface area contributed by atoms with Crippen LogP contribution in [0.4, 0.5) is 22.7 Å². The van der Waals surface area contributed by atoms with Crippen LogP contribution in [-0.4, -0.2) is 32.0 Å². The second-order valence-electron chi connectivity index (χ2n) is 8.40. The number of nitrogen functional groups attached to an aromatic ring is 1. The van der Waals surface area contributed by atoms with E-state index in [1.165, 1.54) is 19.3 Å². The SMILES string of the molecule is CN(C(=O)c1ccc(NC(=O)Cc2ccccc2N)cc1)c1ccccc1N1CCCCC1. The summed E-state index contributed by atoms with van der Waals surface area (Å²) in [7, 11) is 1.81. The summed E-state index contributed by atoms with van der Waals surface area (Å²) in [6.07, 6.45) is 3.81. The monoisotopic (exact) mass is 442 g/mol. The standard InChI is InChI=1S/C27H30N4O2/c1-30(24-11-5-6-12-25(24)31-17-7-2-8-18-31)27(33)20-13-15-22(16-14-20)29-26(32)19-21-9-3-4-10-23(21)28/h3-6,9-16H,2,7-8,17-19,28H2,1H3,(H,29,32). The molecule has 0 bridgehead atoms. The summed E-state index contributed by atoms with van der Waals surface area (Å²) in [4.78, 5) is 29.7. The number of amides is 2. The Labute approximate surface area is 195 Å². The molecule has 0 saturated carbocycles. The molecule has 3 aromatic rings. The van der Waals surface area contributed by atoms with Crippen LogP contribution >= 0.6 is 0 Å². The fraction of sp³-hybridized carbons (Fsp3) is 0.259. The van der Waals surface area contributed by atoms with Crippen molar-refractivity contribution in [1.29, 1.82) is 0 Å². The Morgan fingerprint density at radius 2 is 1.58 bits per heavy atom. The zero-order valence-corrected chi connectivity index (χ0v) is 19.0. The van der Waals surface area contributed by atoms with Gasteiger partial charge in [-0.05, 0) is 67.3 Å². The second-order valence-corrected chi connectivity index (χ2v) is 8.40. The Bertz CT molecular complexity index is 1120. The van der Waals surface area contributed by atoms with Crippen molar-refractivity contribution in [3.8, 4) is 0 Å². The molecule has 0 spiro atoms. The summed E-state index contributed by atoms with van der Waals surface area (Å²) in [5.41, 5.74) is 10.5. The van der Waals surface area contributed by atoms with Gasteiger partial charge in [-0.1, -0.05) is 30.3 Å². The fourth-order valence-electron chi connectivity index (χ4n) is 4.22. The van der Waals surface area contributed by atoms with Gasteiger partial charge in [-0.15, -0.1) is 0 Å². The number of hydrogen-bond donors (Lipinski definition) is 2. The van der Waals surface area contributed by atoms with Gasteiger partial charge in [-0.25, -0.2) is 0 Å². The molecule has 2 amide bonds. The third-order valence-electron chi connectivity index (χ3n) is 6.07. The summed E-state index contributed by atoms with van der Waals surface area (Å²) < 4.78 is 0. The number of anilines is 4. The highest BCUT2D eigenvalue weighted by Gasteiger charge is 2.20. The summed E-state index contributed by atoms with van der Waals surface area (Å²) in [6, 6.07) is 22.4. The minimum atomic E-state index is -0.153. The van der Waals surface area contributed by atoms with E-state index < -0.39 is 0 Å². The van der Waals surface area contributed by atoms with Crippen LogP contribution in [0.2, 0.25) is 0 Å². The van der Waals surface area contributed by atoms with Crippen molar-refractivity contribution < 1.29 is 9.59 Å². The molecule has 1 heterocycles.